The van der Waals surface area contributed by atoms with Crippen molar-refractivity contribution in [2.24, 2.45) is 5.73 Å². The van der Waals surface area contributed by atoms with Gasteiger partial charge in [-0.05, 0) is 12.8 Å². The number of carbonyl (C=O) groups is 1. The van der Waals surface area contributed by atoms with Crippen molar-refractivity contribution in [1.29, 1.82) is 0 Å². The Morgan fingerprint density at radius 2 is 1.55 bits per heavy atom. The van der Waals surface area contributed by atoms with E-state index in [1.807, 2.05) is 0 Å². The van der Waals surface area contributed by atoms with Crippen LogP contribution in [-0.4, -0.2) is 19.0 Å². The van der Waals surface area contributed by atoms with Gasteiger partial charge in [-0.25, -0.2) is 0 Å². The molecule has 66 valence electrons. The Morgan fingerprint density at radius 1 is 1.18 bits per heavy atom. The Bertz CT molecular complexity index is 82.2. The van der Waals surface area contributed by atoms with Crippen LogP contribution in [0.1, 0.15) is 26.2 Å². The largest absolute Gasteiger partial charge is 0.370 e. The SMILES string of the molecule is C1CCNNCC1.CC(N)=O. The molecule has 0 unspecified atom stereocenters. The van der Waals surface area contributed by atoms with Gasteiger partial charge in [0.05, 0.1) is 0 Å². The number of carbonyl (C=O) groups excluding carboxylic acids is 1. The van der Waals surface area contributed by atoms with Gasteiger partial charge in [0, 0.05) is 20.0 Å². The van der Waals surface area contributed by atoms with Gasteiger partial charge >= 0.3 is 0 Å². The van der Waals surface area contributed by atoms with E-state index < -0.39 is 0 Å². The summed E-state index contributed by atoms with van der Waals surface area (Å²) in [4.78, 5) is 9.22. The van der Waals surface area contributed by atoms with E-state index in [-0.39, 0.29) is 5.91 Å². The van der Waals surface area contributed by atoms with Crippen LogP contribution in [0.3, 0.4) is 0 Å². The number of hydrazine groups is 1. The van der Waals surface area contributed by atoms with Crippen molar-refractivity contribution in [2.75, 3.05) is 13.1 Å². The fourth-order valence-electron chi connectivity index (χ4n) is 0.780. The lowest BCUT2D eigenvalue weighted by atomic mass is 10.2. The highest BCUT2D eigenvalue weighted by atomic mass is 16.1. The van der Waals surface area contributed by atoms with Crippen LogP contribution in [0.15, 0.2) is 0 Å². The summed E-state index contributed by atoms with van der Waals surface area (Å²) in [5, 5.41) is 0. The zero-order valence-corrected chi connectivity index (χ0v) is 7.02. The van der Waals surface area contributed by atoms with E-state index in [9.17, 15) is 4.79 Å². The summed E-state index contributed by atoms with van der Waals surface area (Å²) in [6.07, 6.45) is 4.03. The maximum Gasteiger partial charge on any atom is 0.214 e. The van der Waals surface area contributed by atoms with E-state index >= 15 is 0 Å². The van der Waals surface area contributed by atoms with Gasteiger partial charge in [0.2, 0.25) is 5.91 Å². The van der Waals surface area contributed by atoms with Crippen LogP contribution in [0, 0.1) is 0 Å². The van der Waals surface area contributed by atoms with Gasteiger partial charge in [-0.1, -0.05) is 6.42 Å². The molecule has 1 amide bonds. The predicted molar refractivity (Wildman–Crippen MR) is 44.7 cm³/mol. The molecule has 0 radical (unpaired) electrons. The van der Waals surface area contributed by atoms with Crippen molar-refractivity contribution in [2.45, 2.75) is 26.2 Å². The second-order valence-corrected chi connectivity index (χ2v) is 2.52. The molecule has 1 heterocycles. The van der Waals surface area contributed by atoms with Crippen LogP contribution in [0.4, 0.5) is 0 Å². The minimum Gasteiger partial charge on any atom is -0.370 e. The minimum atomic E-state index is -0.333. The Morgan fingerprint density at radius 3 is 1.91 bits per heavy atom. The Hall–Kier alpha value is -0.610. The maximum atomic E-state index is 9.22. The zero-order chi connectivity index (χ0) is 8.53. The first-order valence-electron chi connectivity index (χ1n) is 3.95. The lowest BCUT2D eigenvalue weighted by Crippen LogP contribution is -2.30. The maximum absolute atomic E-state index is 9.22. The molecule has 11 heavy (non-hydrogen) atoms. The predicted octanol–water partition coefficient (Wildman–Crippen LogP) is -0.244. The van der Waals surface area contributed by atoms with Crippen LogP contribution in [0.25, 0.3) is 0 Å². The number of amides is 1. The summed E-state index contributed by atoms with van der Waals surface area (Å²) >= 11 is 0. The van der Waals surface area contributed by atoms with Gasteiger partial charge in [-0.2, -0.15) is 0 Å². The van der Waals surface area contributed by atoms with Crippen molar-refractivity contribution < 1.29 is 4.79 Å². The lowest BCUT2D eigenvalue weighted by Gasteiger charge is -1.95. The van der Waals surface area contributed by atoms with Crippen LogP contribution >= 0.6 is 0 Å². The first kappa shape index (κ1) is 10.4. The number of nitrogens with one attached hydrogen (secondary N) is 2. The molecule has 0 aromatic carbocycles. The Labute approximate surface area is 67.5 Å². The standard InChI is InChI=1S/C5H12N2.C2H5NO/c1-2-4-6-7-5-3-1;1-2(3)4/h6-7H,1-5H2;1H3,(H2,3,4). The molecule has 1 rings (SSSR count). The van der Waals surface area contributed by atoms with Gasteiger partial charge in [0.25, 0.3) is 0 Å². The first-order valence-corrected chi connectivity index (χ1v) is 3.95. The fourth-order valence-corrected chi connectivity index (χ4v) is 0.780. The number of rotatable bonds is 0. The molecule has 1 fully saturated rings. The monoisotopic (exact) mass is 159 g/mol. The summed E-state index contributed by atoms with van der Waals surface area (Å²) in [5.41, 5.74) is 10.7. The van der Waals surface area contributed by atoms with E-state index in [4.69, 9.17) is 0 Å². The summed E-state index contributed by atoms with van der Waals surface area (Å²) in [6, 6.07) is 0. The van der Waals surface area contributed by atoms with Crippen molar-refractivity contribution in [1.82, 2.24) is 10.9 Å². The zero-order valence-electron chi connectivity index (χ0n) is 7.02. The van der Waals surface area contributed by atoms with Gasteiger partial charge in [0.15, 0.2) is 0 Å². The molecule has 0 aromatic heterocycles. The van der Waals surface area contributed by atoms with Gasteiger partial charge < -0.3 is 5.73 Å². The van der Waals surface area contributed by atoms with Crippen molar-refractivity contribution in [3.8, 4) is 0 Å². The van der Waals surface area contributed by atoms with E-state index in [2.05, 4.69) is 16.6 Å². The minimum absolute atomic E-state index is 0.333. The summed E-state index contributed by atoms with van der Waals surface area (Å²) in [6.45, 7) is 3.58. The van der Waals surface area contributed by atoms with Crippen LogP contribution in [0.5, 0.6) is 0 Å². The third-order valence-electron chi connectivity index (χ3n) is 1.23. The number of nitrogens with two attached hydrogens (primary N) is 1. The normalized spacial score (nSPS) is 17.5. The number of primary amides is 1. The molecule has 0 spiro atoms. The molecule has 0 bridgehead atoms. The fraction of sp³-hybridized carbons (Fsp3) is 0.857. The highest BCUT2D eigenvalue weighted by molar-refractivity contribution is 5.70. The second-order valence-electron chi connectivity index (χ2n) is 2.52. The van der Waals surface area contributed by atoms with Crippen molar-refractivity contribution in [3.63, 3.8) is 0 Å². The van der Waals surface area contributed by atoms with Crippen molar-refractivity contribution in [3.05, 3.63) is 0 Å². The Kier molecular flexibility index (Phi) is 7.08. The number of hydrogen-bond acceptors (Lipinski definition) is 3. The van der Waals surface area contributed by atoms with Crippen LogP contribution < -0.4 is 16.6 Å². The molecule has 0 aliphatic carbocycles. The quantitative estimate of drug-likeness (QED) is 0.457. The van der Waals surface area contributed by atoms with Crippen LogP contribution in [-0.2, 0) is 4.79 Å². The molecule has 1 aliphatic heterocycles. The number of hydrogen-bond donors (Lipinski definition) is 3. The summed E-state index contributed by atoms with van der Waals surface area (Å²) in [7, 11) is 0. The van der Waals surface area contributed by atoms with Crippen LogP contribution in [0.2, 0.25) is 0 Å². The van der Waals surface area contributed by atoms with E-state index in [1.54, 1.807) is 0 Å². The Balaban J connectivity index is 0.000000218. The van der Waals surface area contributed by atoms with Gasteiger partial charge in [-0.15, -0.1) is 0 Å². The van der Waals surface area contributed by atoms with Gasteiger partial charge in [0.1, 0.15) is 0 Å². The summed E-state index contributed by atoms with van der Waals surface area (Å²) in [5.74, 6) is -0.333. The second kappa shape index (κ2) is 7.50. The molecule has 4 nitrogen and oxygen atoms in total. The lowest BCUT2D eigenvalue weighted by molar-refractivity contribution is -0.115. The molecular weight excluding hydrogens is 142 g/mol. The third-order valence-corrected chi connectivity index (χ3v) is 1.23. The molecule has 4 N–H and O–H groups in total. The smallest absolute Gasteiger partial charge is 0.214 e. The third kappa shape index (κ3) is 12.6. The highest BCUT2D eigenvalue weighted by Crippen LogP contribution is 1.93. The molecule has 0 atom stereocenters. The molecule has 1 saturated heterocycles. The topological polar surface area (TPSA) is 67.2 Å². The molecule has 0 saturated carbocycles. The average Bonchev–Trinajstić information content (AvgIpc) is 2.13. The molecule has 1 aliphatic rings. The molecular formula is C7H17N3O. The highest BCUT2D eigenvalue weighted by Gasteiger charge is 1.92. The van der Waals surface area contributed by atoms with E-state index in [0.29, 0.717) is 0 Å². The van der Waals surface area contributed by atoms with Gasteiger partial charge in [-0.3, -0.25) is 15.6 Å². The van der Waals surface area contributed by atoms with Crippen molar-refractivity contribution >= 4 is 5.91 Å². The van der Waals surface area contributed by atoms with E-state index in [0.717, 1.165) is 13.1 Å². The molecule has 0 aromatic rings. The van der Waals surface area contributed by atoms with E-state index in [1.165, 1.54) is 26.2 Å². The average molecular weight is 159 g/mol. The summed E-state index contributed by atoms with van der Waals surface area (Å²) < 4.78 is 0. The first-order chi connectivity index (χ1) is 5.23. The molecule has 4 heteroatoms.